The Balaban J connectivity index is 2.15. The van der Waals surface area contributed by atoms with Gasteiger partial charge in [-0.3, -0.25) is 9.10 Å². The second-order valence-corrected chi connectivity index (χ2v) is 9.08. The molecule has 0 saturated heterocycles. The summed E-state index contributed by atoms with van der Waals surface area (Å²) >= 11 is 0. The summed E-state index contributed by atoms with van der Waals surface area (Å²) in [6.07, 6.45) is -2.42. The summed E-state index contributed by atoms with van der Waals surface area (Å²) < 4.78 is 64.4. The SMILES string of the molecule is C[C@H](C(=O)N[C@@H](C)CCc1ccccc1)N(c1cccc(C(F)(F)F)c1)S(C)(=O)=O. The summed E-state index contributed by atoms with van der Waals surface area (Å²) in [4.78, 5) is 12.7. The van der Waals surface area contributed by atoms with E-state index in [2.05, 4.69) is 5.32 Å². The van der Waals surface area contributed by atoms with Crippen molar-refractivity contribution in [3.8, 4) is 0 Å². The number of benzene rings is 2. The first-order valence-electron chi connectivity index (χ1n) is 9.40. The van der Waals surface area contributed by atoms with Crippen molar-refractivity contribution in [3.05, 3.63) is 65.7 Å². The van der Waals surface area contributed by atoms with E-state index in [0.717, 1.165) is 36.4 Å². The summed E-state index contributed by atoms with van der Waals surface area (Å²) in [5.41, 5.74) is -0.0993. The highest BCUT2D eigenvalue weighted by Gasteiger charge is 2.34. The largest absolute Gasteiger partial charge is 0.416 e. The molecule has 0 unspecified atom stereocenters. The van der Waals surface area contributed by atoms with Gasteiger partial charge in [0.05, 0.1) is 17.5 Å². The average Bonchev–Trinajstić information content (AvgIpc) is 2.65. The van der Waals surface area contributed by atoms with E-state index in [9.17, 15) is 26.4 Å². The highest BCUT2D eigenvalue weighted by Crippen LogP contribution is 2.32. The van der Waals surface area contributed by atoms with Crippen LogP contribution in [0.15, 0.2) is 54.6 Å². The molecule has 0 aliphatic heterocycles. The molecular weight excluding hydrogens is 417 g/mol. The Kier molecular flexibility index (Phi) is 7.52. The van der Waals surface area contributed by atoms with E-state index < -0.39 is 33.7 Å². The summed E-state index contributed by atoms with van der Waals surface area (Å²) in [6, 6.07) is 12.1. The van der Waals surface area contributed by atoms with Gasteiger partial charge in [-0.05, 0) is 50.5 Å². The van der Waals surface area contributed by atoms with Gasteiger partial charge >= 0.3 is 6.18 Å². The molecule has 0 aromatic heterocycles. The molecule has 1 amide bonds. The van der Waals surface area contributed by atoms with E-state index >= 15 is 0 Å². The Morgan fingerprint density at radius 1 is 1.07 bits per heavy atom. The van der Waals surface area contributed by atoms with Crippen molar-refractivity contribution in [1.82, 2.24) is 5.32 Å². The summed E-state index contributed by atoms with van der Waals surface area (Å²) in [5.74, 6) is -0.585. The van der Waals surface area contributed by atoms with E-state index in [4.69, 9.17) is 0 Å². The molecule has 0 aliphatic carbocycles. The van der Waals surface area contributed by atoms with Crippen LogP contribution >= 0.6 is 0 Å². The minimum absolute atomic E-state index is 0.216. The molecule has 0 fully saturated rings. The maximum atomic E-state index is 13.0. The van der Waals surface area contributed by atoms with Gasteiger partial charge in [-0.15, -0.1) is 0 Å². The van der Waals surface area contributed by atoms with Gasteiger partial charge in [0.25, 0.3) is 0 Å². The van der Waals surface area contributed by atoms with Crippen LogP contribution in [0.3, 0.4) is 0 Å². The standard InChI is InChI=1S/C21H25F3N2O3S/c1-15(12-13-17-8-5-4-6-9-17)25-20(27)16(2)26(30(3,28)29)19-11-7-10-18(14-19)21(22,23)24/h4-11,14-16H,12-13H2,1-3H3,(H,25,27)/t15-,16+/m0/s1. The predicted molar refractivity (Wildman–Crippen MR) is 111 cm³/mol. The molecule has 0 spiro atoms. The lowest BCUT2D eigenvalue weighted by Crippen LogP contribution is -2.50. The molecule has 9 heteroatoms. The molecule has 30 heavy (non-hydrogen) atoms. The molecule has 2 aromatic rings. The molecule has 2 atom stereocenters. The van der Waals surface area contributed by atoms with Crippen LogP contribution in [0.5, 0.6) is 0 Å². The molecule has 164 valence electrons. The Bertz CT molecular complexity index is 963. The zero-order valence-corrected chi connectivity index (χ0v) is 17.8. The Morgan fingerprint density at radius 3 is 2.27 bits per heavy atom. The lowest BCUT2D eigenvalue weighted by Gasteiger charge is -2.29. The fourth-order valence-electron chi connectivity index (χ4n) is 3.09. The van der Waals surface area contributed by atoms with Gasteiger partial charge in [-0.1, -0.05) is 36.4 Å². The second kappa shape index (κ2) is 9.51. The third kappa shape index (κ3) is 6.48. The van der Waals surface area contributed by atoms with Crippen LogP contribution < -0.4 is 9.62 Å². The molecule has 0 radical (unpaired) electrons. The van der Waals surface area contributed by atoms with Crippen molar-refractivity contribution >= 4 is 21.6 Å². The number of carbonyl (C=O) groups is 1. The maximum Gasteiger partial charge on any atom is 0.416 e. The zero-order valence-electron chi connectivity index (χ0n) is 17.0. The van der Waals surface area contributed by atoms with Crippen LogP contribution in [0, 0.1) is 0 Å². The Labute approximate surface area is 175 Å². The number of halogens is 3. The second-order valence-electron chi connectivity index (χ2n) is 7.22. The van der Waals surface area contributed by atoms with Crippen LogP contribution in [0.1, 0.15) is 31.4 Å². The Morgan fingerprint density at radius 2 is 1.70 bits per heavy atom. The number of hydrogen-bond donors (Lipinski definition) is 1. The van der Waals surface area contributed by atoms with Crippen LogP contribution in [0.25, 0.3) is 0 Å². The number of carbonyl (C=O) groups excluding carboxylic acids is 1. The first-order valence-corrected chi connectivity index (χ1v) is 11.3. The summed E-state index contributed by atoms with van der Waals surface area (Å²) in [5, 5.41) is 2.75. The quantitative estimate of drug-likeness (QED) is 0.672. The third-order valence-electron chi connectivity index (χ3n) is 4.61. The van der Waals surface area contributed by atoms with E-state index in [0.29, 0.717) is 10.7 Å². The highest BCUT2D eigenvalue weighted by molar-refractivity contribution is 7.92. The van der Waals surface area contributed by atoms with E-state index in [1.807, 2.05) is 30.3 Å². The molecular formula is C21H25F3N2O3S. The lowest BCUT2D eigenvalue weighted by atomic mass is 10.1. The smallest absolute Gasteiger partial charge is 0.352 e. The number of sulfonamides is 1. The number of amides is 1. The molecule has 0 bridgehead atoms. The minimum atomic E-state index is -4.63. The third-order valence-corrected chi connectivity index (χ3v) is 5.86. The number of rotatable bonds is 8. The van der Waals surface area contributed by atoms with Crippen molar-refractivity contribution in [2.24, 2.45) is 0 Å². The number of anilines is 1. The van der Waals surface area contributed by atoms with Crippen molar-refractivity contribution in [2.45, 2.75) is 44.9 Å². The summed E-state index contributed by atoms with van der Waals surface area (Å²) in [7, 11) is -4.01. The monoisotopic (exact) mass is 442 g/mol. The number of hydrogen-bond acceptors (Lipinski definition) is 3. The van der Waals surface area contributed by atoms with Crippen LogP contribution in [-0.4, -0.2) is 32.7 Å². The fraction of sp³-hybridized carbons (Fsp3) is 0.381. The summed E-state index contributed by atoms with van der Waals surface area (Å²) in [6.45, 7) is 3.14. The van der Waals surface area contributed by atoms with Crippen LogP contribution in [0.4, 0.5) is 18.9 Å². The van der Waals surface area contributed by atoms with E-state index in [1.165, 1.54) is 13.0 Å². The molecule has 0 saturated carbocycles. The maximum absolute atomic E-state index is 13.0. The molecule has 2 rings (SSSR count). The zero-order chi connectivity index (χ0) is 22.5. The predicted octanol–water partition coefficient (Wildman–Crippen LogP) is 4.00. The number of alkyl halides is 3. The first kappa shape index (κ1) is 23.7. The van der Waals surface area contributed by atoms with Crippen molar-refractivity contribution in [1.29, 1.82) is 0 Å². The van der Waals surface area contributed by atoms with Gasteiger partial charge in [0.1, 0.15) is 6.04 Å². The minimum Gasteiger partial charge on any atom is -0.352 e. The Hall–Kier alpha value is -2.55. The van der Waals surface area contributed by atoms with Gasteiger partial charge in [0.2, 0.25) is 15.9 Å². The van der Waals surface area contributed by atoms with E-state index in [-0.39, 0.29) is 11.7 Å². The van der Waals surface area contributed by atoms with Gasteiger partial charge in [-0.25, -0.2) is 8.42 Å². The van der Waals surface area contributed by atoms with Gasteiger partial charge < -0.3 is 5.32 Å². The fourth-order valence-corrected chi connectivity index (χ4v) is 4.26. The van der Waals surface area contributed by atoms with Crippen molar-refractivity contribution in [3.63, 3.8) is 0 Å². The molecule has 1 N–H and O–H groups in total. The van der Waals surface area contributed by atoms with Gasteiger partial charge in [0, 0.05) is 6.04 Å². The van der Waals surface area contributed by atoms with Crippen molar-refractivity contribution < 1.29 is 26.4 Å². The highest BCUT2D eigenvalue weighted by atomic mass is 32.2. The van der Waals surface area contributed by atoms with Gasteiger partial charge in [0.15, 0.2) is 0 Å². The molecule has 0 heterocycles. The molecule has 5 nitrogen and oxygen atoms in total. The normalized spacial score (nSPS) is 14.1. The number of nitrogens with one attached hydrogen (secondary N) is 1. The van der Waals surface area contributed by atoms with Crippen LogP contribution in [0.2, 0.25) is 0 Å². The molecule has 0 aliphatic rings. The number of nitrogens with zero attached hydrogens (tertiary/aromatic N) is 1. The van der Waals surface area contributed by atoms with Crippen molar-refractivity contribution in [2.75, 3.05) is 10.6 Å². The number of aryl methyl sites for hydroxylation is 1. The topological polar surface area (TPSA) is 66.5 Å². The van der Waals surface area contributed by atoms with Gasteiger partial charge in [-0.2, -0.15) is 13.2 Å². The van der Waals surface area contributed by atoms with Crippen LogP contribution in [-0.2, 0) is 27.4 Å². The van der Waals surface area contributed by atoms with E-state index in [1.54, 1.807) is 6.92 Å². The lowest BCUT2D eigenvalue weighted by molar-refractivity contribution is -0.137. The molecule has 2 aromatic carbocycles. The average molecular weight is 443 g/mol. The first-order chi connectivity index (χ1) is 13.9.